The van der Waals surface area contributed by atoms with Gasteiger partial charge in [-0.2, -0.15) is 0 Å². The van der Waals surface area contributed by atoms with Crippen LogP contribution in [0.2, 0.25) is 0 Å². The molecule has 0 amide bonds. The molecule has 2 heterocycles. The lowest BCUT2D eigenvalue weighted by Gasteiger charge is -2.12. The Balaban J connectivity index is 2.16. The minimum atomic E-state index is 0.140. The van der Waals surface area contributed by atoms with Crippen molar-refractivity contribution in [3.8, 4) is 0 Å². The Hall–Kier alpha value is -1.09. The van der Waals surface area contributed by atoms with Crippen molar-refractivity contribution in [1.29, 1.82) is 0 Å². The molecule has 1 saturated heterocycles. The molecule has 0 spiro atoms. The normalized spacial score (nSPS) is 21.4. The Kier molecular flexibility index (Phi) is 2.68. The molecule has 14 heavy (non-hydrogen) atoms. The molecule has 0 saturated carbocycles. The van der Waals surface area contributed by atoms with Crippen molar-refractivity contribution in [2.75, 3.05) is 6.54 Å². The molecule has 1 aromatic rings. The average Bonchev–Trinajstić information content (AvgIpc) is 2.66. The summed E-state index contributed by atoms with van der Waals surface area (Å²) < 4.78 is 1.80. The van der Waals surface area contributed by atoms with Gasteiger partial charge in [0, 0.05) is 24.3 Å². The first-order valence-corrected chi connectivity index (χ1v) is 5.17. The van der Waals surface area contributed by atoms with Gasteiger partial charge in [0.1, 0.15) is 0 Å². The van der Waals surface area contributed by atoms with E-state index >= 15 is 0 Å². The van der Waals surface area contributed by atoms with Crippen LogP contribution in [0.3, 0.4) is 0 Å². The average molecular weight is 192 g/mol. The largest absolute Gasteiger partial charge is 0.314 e. The van der Waals surface area contributed by atoms with E-state index in [-0.39, 0.29) is 5.56 Å². The van der Waals surface area contributed by atoms with Gasteiger partial charge < -0.3 is 9.88 Å². The Bertz CT molecular complexity index is 364. The van der Waals surface area contributed by atoms with Crippen LogP contribution in [0.25, 0.3) is 0 Å². The Morgan fingerprint density at radius 1 is 1.64 bits per heavy atom. The van der Waals surface area contributed by atoms with Gasteiger partial charge in [-0.15, -0.1) is 0 Å². The fraction of sp³-hybridized carbons (Fsp3) is 0.545. The first-order valence-electron chi connectivity index (χ1n) is 5.17. The highest BCUT2D eigenvalue weighted by atomic mass is 16.1. The monoisotopic (exact) mass is 192 g/mol. The lowest BCUT2D eigenvalue weighted by molar-refractivity contribution is 0.498. The summed E-state index contributed by atoms with van der Waals surface area (Å²) in [4.78, 5) is 11.7. The Labute approximate surface area is 83.8 Å². The minimum absolute atomic E-state index is 0.140. The summed E-state index contributed by atoms with van der Waals surface area (Å²) in [5.41, 5.74) is 0.965. The number of rotatable bonds is 2. The second-order valence-corrected chi connectivity index (χ2v) is 3.94. The number of nitrogens with one attached hydrogen (secondary N) is 1. The molecule has 0 unspecified atom stereocenters. The van der Waals surface area contributed by atoms with Crippen LogP contribution in [0.15, 0.2) is 23.1 Å². The summed E-state index contributed by atoms with van der Waals surface area (Å²) in [6.07, 6.45) is 4.28. The van der Waals surface area contributed by atoms with E-state index in [4.69, 9.17) is 0 Å². The molecule has 0 radical (unpaired) electrons. The molecule has 1 fully saturated rings. The van der Waals surface area contributed by atoms with E-state index in [1.807, 2.05) is 25.3 Å². The molecule has 0 bridgehead atoms. The van der Waals surface area contributed by atoms with Crippen LogP contribution < -0.4 is 10.9 Å². The van der Waals surface area contributed by atoms with E-state index in [9.17, 15) is 4.79 Å². The van der Waals surface area contributed by atoms with Crippen LogP contribution in [0.4, 0.5) is 0 Å². The van der Waals surface area contributed by atoms with E-state index < -0.39 is 0 Å². The second-order valence-electron chi connectivity index (χ2n) is 3.94. The van der Waals surface area contributed by atoms with Gasteiger partial charge >= 0.3 is 0 Å². The molecule has 1 aromatic heterocycles. The Morgan fingerprint density at radius 3 is 3.21 bits per heavy atom. The lowest BCUT2D eigenvalue weighted by Crippen LogP contribution is -2.32. The van der Waals surface area contributed by atoms with Crippen molar-refractivity contribution >= 4 is 0 Å². The van der Waals surface area contributed by atoms with Crippen molar-refractivity contribution < 1.29 is 0 Å². The summed E-state index contributed by atoms with van der Waals surface area (Å²) in [5.74, 6) is 0. The molecule has 3 heteroatoms. The number of hydrogen-bond donors (Lipinski definition) is 1. The van der Waals surface area contributed by atoms with E-state index in [1.165, 1.54) is 12.8 Å². The van der Waals surface area contributed by atoms with Crippen LogP contribution in [0.1, 0.15) is 18.4 Å². The van der Waals surface area contributed by atoms with Crippen LogP contribution in [-0.4, -0.2) is 17.2 Å². The third kappa shape index (κ3) is 1.87. The highest BCUT2D eigenvalue weighted by molar-refractivity contribution is 5.07. The molecule has 1 N–H and O–H groups in total. The molecular weight excluding hydrogens is 176 g/mol. The van der Waals surface area contributed by atoms with Gasteiger partial charge in [0.15, 0.2) is 0 Å². The first kappa shape index (κ1) is 9.46. The number of aromatic nitrogens is 1. The maximum atomic E-state index is 11.7. The van der Waals surface area contributed by atoms with Gasteiger partial charge in [0.25, 0.3) is 5.56 Å². The topological polar surface area (TPSA) is 34.0 Å². The highest BCUT2D eigenvalue weighted by Gasteiger charge is 2.14. The van der Waals surface area contributed by atoms with Crippen molar-refractivity contribution in [3.63, 3.8) is 0 Å². The fourth-order valence-corrected chi connectivity index (χ4v) is 1.95. The van der Waals surface area contributed by atoms with Crippen molar-refractivity contribution in [1.82, 2.24) is 9.88 Å². The third-order valence-electron chi connectivity index (χ3n) is 2.79. The summed E-state index contributed by atoms with van der Waals surface area (Å²) in [7, 11) is 0. The highest BCUT2D eigenvalue weighted by Crippen LogP contribution is 2.06. The predicted octanol–water partition coefficient (Wildman–Crippen LogP) is 0.909. The number of pyridine rings is 1. The standard InChI is InChI=1S/C11H16N2O/c1-9-4-3-7-13(11(9)14)8-10-5-2-6-12-10/h3-4,7,10,12H,2,5-6,8H2,1H3/t10-/m0/s1. The summed E-state index contributed by atoms with van der Waals surface area (Å²) in [5, 5.41) is 3.39. The van der Waals surface area contributed by atoms with Crippen LogP contribution in [0.5, 0.6) is 0 Å². The van der Waals surface area contributed by atoms with E-state index in [0.29, 0.717) is 6.04 Å². The second kappa shape index (κ2) is 3.96. The quantitative estimate of drug-likeness (QED) is 0.755. The summed E-state index contributed by atoms with van der Waals surface area (Å²) in [6, 6.07) is 4.28. The first-order chi connectivity index (χ1) is 6.77. The zero-order valence-electron chi connectivity index (χ0n) is 8.49. The minimum Gasteiger partial charge on any atom is -0.314 e. The fourth-order valence-electron chi connectivity index (χ4n) is 1.95. The maximum Gasteiger partial charge on any atom is 0.253 e. The van der Waals surface area contributed by atoms with Gasteiger partial charge in [-0.3, -0.25) is 4.79 Å². The zero-order valence-corrected chi connectivity index (χ0v) is 8.49. The number of nitrogens with zero attached hydrogens (tertiary/aromatic N) is 1. The molecule has 76 valence electrons. The van der Waals surface area contributed by atoms with E-state index in [2.05, 4.69) is 5.32 Å². The molecule has 2 rings (SSSR count). The zero-order chi connectivity index (χ0) is 9.97. The molecule has 0 aromatic carbocycles. The number of hydrogen-bond acceptors (Lipinski definition) is 2. The SMILES string of the molecule is Cc1cccn(C[C@@H]2CCCN2)c1=O. The van der Waals surface area contributed by atoms with Crippen molar-refractivity contribution in [2.45, 2.75) is 32.4 Å². The molecular formula is C11H16N2O. The molecule has 1 atom stereocenters. The molecule has 1 aliphatic rings. The summed E-state index contributed by atoms with van der Waals surface area (Å²) in [6.45, 7) is 3.76. The molecule has 3 nitrogen and oxygen atoms in total. The number of aryl methyl sites for hydroxylation is 1. The van der Waals surface area contributed by atoms with Crippen LogP contribution >= 0.6 is 0 Å². The molecule has 0 aliphatic carbocycles. The van der Waals surface area contributed by atoms with Crippen molar-refractivity contribution in [3.05, 3.63) is 34.2 Å². The van der Waals surface area contributed by atoms with Gasteiger partial charge in [-0.05, 0) is 32.4 Å². The van der Waals surface area contributed by atoms with Crippen LogP contribution in [0, 0.1) is 6.92 Å². The van der Waals surface area contributed by atoms with E-state index in [0.717, 1.165) is 18.7 Å². The smallest absolute Gasteiger partial charge is 0.253 e. The van der Waals surface area contributed by atoms with Gasteiger partial charge in [-0.1, -0.05) is 6.07 Å². The van der Waals surface area contributed by atoms with Crippen LogP contribution in [-0.2, 0) is 6.54 Å². The summed E-state index contributed by atoms with van der Waals surface area (Å²) >= 11 is 0. The van der Waals surface area contributed by atoms with Gasteiger partial charge in [0.05, 0.1) is 0 Å². The molecule has 1 aliphatic heterocycles. The van der Waals surface area contributed by atoms with Gasteiger partial charge in [0.2, 0.25) is 0 Å². The van der Waals surface area contributed by atoms with Crippen molar-refractivity contribution in [2.24, 2.45) is 0 Å². The Morgan fingerprint density at radius 2 is 2.50 bits per heavy atom. The predicted molar refractivity (Wildman–Crippen MR) is 56.5 cm³/mol. The lowest BCUT2D eigenvalue weighted by atomic mass is 10.2. The maximum absolute atomic E-state index is 11.7. The third-order valence-corrected chi connectivity index (χ3v) is 2.79. The van der Waals surface area contributed by atoms with E-state index in [1.54, 1.807) is 4.57 Å². The van der Waals surface area contributed by atoms with Gasteiger partial charge in [-0.25, -0.2) is 0 Å².